The Labute approximate surface area is 163 Å². The quantitative estimate of drug-likeness (QED) is 0.763. The van der Waals surface area contributed by atoms with Crippen LogP contribution >= 0.6 is 11.6 Å². The van der Waals surface area contributed by atoms with Crippen molar-refractivity contribution >= 4 is 40.8 Å². The molecule has 2 aromatic rings. The molecule has 0 fully saturated rings. The molecule has 0 aliphatic heterocycles. The van der Waals surface area contributed by atoms with Crippen LogP contribution in [0.25, 0.3) is 0 Å². The number of anilines is 2. The second kappa shape index (κ2) is 9.19. The summed E-state index contributed by atoms with van der Waals surface area (Å²) in [5.41, 5.74) is 2.34. The molecule has 27 heavy (non-hydrogen) atoms. The summed E-state index contributed by atoms with van der Waals surface area (Å²) in [4.78, 5) is 37.3. The molecule has 0 radical (unpaired) electrons. The van der Waals surface area contributed by atoms with Crippen LogP contribution in [0, 0.1) is 6.92 Å². The fourth-order valence-electron chi connectivity index (χ4n) is 2.38. The van der Waals surface area contributed by atoms with Crippen molar-refractivity contribution < 1.29 is 19.1 Å². The van der Waals surface area contributed by atoms with Gasteiger partial charge in [0.2, 0.25) is 11.8 Å². The van der Waals surface area contributed by atoms with Gasteiger partial charge in [-0.3, -0.25) is 9.59 Å². The molecule has 0 atom stereocenters. The highest BCUT2D eigenvalue weighted by atomic mass is 35.5. The summed E-state index contributed by atoms with van der Waals surface area (Å²) >= 11 is 6.12. The topological polar surface area (TPSA) is 75.7 Å². The Bertz CT molecular complexity index is 850. The summed E-state index contributed by atoms with van der Waals surface area (Å²) in [7, 11) is 0. The van der Waals surface area contributed by atoms with E-state index in [1.165, 1.54) is 11.8 Å². The Kier molecular flexibility index (Phi) is 6.96. The van der Waals surface area contributed by atoms with E-state index in [2.05, 4.69) is 5.32 Å². The van der Waals surface area contributed by atoms with Gasteiger partial charge in [-0.15, -0.1) is 0 Å². The van der Waals surface area contributed by atoms with E-state index in [1.54, 1.807) is 49.4 Å². The standard InChI is InChI=1S/C20H21ClN2O4/c1-4-27-20(26)15-6-8-16(9-7-15)22-19(25)12-23(14(3)24)17-10-5-13(2)18(21)11-17/h5-11H,4,12H2,1-3H3,(H,22,25). The molecule has 142 valence electrons. The molecule has 0 aliphatic rings. The van der Waals surface area contributed by atoms with Crippen molar-refractivity contribution in [2.45, 2.75) is 20.8 Å². The molecule has 0 heterocycles. The third-order valence-electron chi connectivity index (χ3n) is 3.83. The first kappa shape index (κ1) is 20.5. The molecule has 0 saturated carbocycles. The molecule has 2 amide bonds. The predicted octanol–water partition coefficient (Wildman–Crippen LogP) is 3.82. The number of esters is 1. The third-order valence-corrected chi connectivity index (χ3v) is 4.24. The number of carbonyl (C=O) groups excluding carboxylic acids is 3. The molecule has 6 nitrogen and oxygen atoms in total. The highest BCUT2D eigenvalue weighted by Crippen LogP contribution is 2.23. The first-order chi connectivity index (χ1) is 12.8. The second-order valence-electron chi connectivity index (χ2n) is 5.88. The smallest absolute Gasteiger partial charge is 0.338 e. The molecule has 7 heteroatoms. The van der Waals surface area contributed by atoms with Crippen molar-refractivity contribution in [3.05, 3.63) is 58.6 Å². The molecular formula is C20H21ClN2O4. The molecule has 1 N–H and O–H groups in total. The van der Waals surface area contributed by atoms with Gasteiger partial charge in [-0.25, -0.2) is 4.79 Å². The Morgan fingerprint density at radius 3 is 2.33 bits per heavy atom. The molecule has 0 aliphatic carbocycles. The van der Waals surface area contributed by atoms with E-state index in [0.29, 0.717) is 28.6 Å². The number of ether oxygens (including phenoxy) is 1. The largest absolute Gasteiger partial charge is 0.462 e. The van der Waals surface area contributed by atoms with Gasteiger partial charge in [0.15, 0.2) is 0 Å². The summed E-state index contributed by atoms with van der Waals surface area (Å²) in [5, 5.41) is 3.23. The third kappa shape index (κ3) is 5.56. The van der Waals surface area contributed by atoms with Crippen LogP contribution in [0.1, 0.15) is 29.8 Å². The Morgan fingerprint density at radius 1 is 1.11 bits per heavy atom. The number of benzene rings is 2. The maximum Gasteiger partial charge on any atom is 0.338 e. The Balaban J connectivity index is 2.06. The van der Waals surface area contributed by atoms with Crippen molar-refractivity contribution in [1.82, 2.24) is 0 Å². The molecule has 0 saturated heterocycles. The van der Waals surface area contributed by atoms with Crippen molar-refractivity contribution in [3.63, 3.8) is 0 Å². The summed E-state index contributed by atoms with van der Waals surface area (Å²) in [6.07, 6.45) is 0. The maximum absolute atomic E-state index is 12.3. The Morgan fingerprint density at radius 2 is 1.78 bits per heavy atom. The van der Waals surface area contributed by atoms with Gasteiger partial charge in [-0.1, -0.05) is 17.7 Å². The number of aryl methyl sites for hydroxylation is 1. The molecule has 0 unspecified atom stereocenters. The van der Waals surface area contributed by atoms with E-state index in [1.807, 2.05) is 6.92 Å². The molecule has 0 bridgehead atoms. The Hall–Kier alpha value is -2.86. The fourth-order valence-corrected chi connectivity index (χ4v) is 2.56. The fraction of sp³-hybridized carbons (Fsp3) is 0.250. The summed E-state index contributed by atoms with van der Waals surface area (Å²) < 4.78 is 4.91. The van der Waals surface area contributed by atoms with Crippen LogP contribution in [0.15, 0.2) is 42.5 Å². The minimum atomic E-state index is -0.422. The summed E-state index contributed by atoms with van der Waals surface area (Å²) in [6, 6.07) is 11.5. The molecule has 0 spiro atoms. The van der Waals surface area contributed by atoms with Crippen molar-refractivity contribution in [1.29, 1.82) is 0 Å². The van der Waals surface area contributed by atoms with E-state index in [9.17, 15) is 14.4 Å². The number of hydrogen-bond acceptors (Lipinski definition) is 4. The highest BCUT2D eigenvalue weighted by Gasteiger charge is 2.17. The highest BCUT2D eigenvalue weighted by molar-refractivity contribution is 6.31. The maximum atomic E-state index is 12.3. The predicted molar refractivity (Wildman–Crippen MR) is 105 cm³/mol. The number of rotatable bonds is 6. The summed E-state index contributed by atoms with van der Waals surface area (Å²) in [6.45, 7) is 5.11. The molecule has 0 aromatic heterocycles. The number of hydrogen-bond donors (Lipinski definition) is 1. The van der Waals surface area contributed by atoms with E-state index in [4.69, 9.17) is 16.3 Å². The van der Waals surface area contributed by atoms with Crippen molar-refractivity contribution in [2.24, 2.45) is 0 Å². The van der Waals surface area contributed by atoms with E-state index < -0.39 is 5.97 Å². The van der Waals surface area contributed by atoms with Gasteiger partial charge in [-0.05, 0) is 55.8 Å². The van der Waals surface area contributed by atoms with Gasteiger partial charge >= 0.3 is 5.97 Å². The molecule has 2 rings (SSSR count). The molecule has 2 aromatic carbocycles. The van der Waals surface area contributed by atoms with Crippen LogP contribution in [-0.4, -0.2) is 30.9 Å². The van der Waals surface area contributed by atoms with Crippen LogP contribution < -0.4 is 10.2 Å². The van der Waals surface area contributed by atoms with Gasteiger partial charge < -0.3 is 15.0 Å². The number of carbonyl (C=O) groups is 3. The zero-order valence-corrected chi connectivity index (χ0v) is 16.2. The average Bonchev–Trinajstić information content (AvgIpc) is 2.62. The van der Waals surface area contributed by atoms with Crippen molar-refractivity contribution in [2.75, 3.05) is 23.4 Å². The minimum absolute atomic E-state index is 0.158. The minimum Gasteiger partial charge on any atom is -0.462 e. The van der Waals surface area contributed by atoms with E-state index in [-0.39, 0.29) is 18.4 Å². The lowest BCUT2D eigenvalue weighted by molar-refractivity contribution is -0.120. The second-order valence-corrected chi connectivity index (χ2v) is 6.29. The SMILES string of the molecule is CCOC(=O)c1ccc(NC(=O)CN(C(C)=O)c2ccc(C)c(Cl)c2)cc1. The van der Waals surface area contributed by atoms with Gasteiger partial charge in [0, 0.05) is 23.3 Å². The number of nitrogens with one attached hydrogen (secondary N) is 1. The van der Waals surface area contributed by atoms with E-state index in [0.717, 1.165) is 5.56 Å². The van der Waals surface area contributed by atoms with Gasteiger partial charge in [0.05, 0.1) is 12.2 Å². The lowest BCUT2D eigenvalue weighted by Crippen LogP contribution is -2.36. The number of nitrogens with zero attached hydrogens (tertiary/aromatic N) is 1. The number of halogens is 1. The lowest BCUT2D eigenvalue weighted by Gasteiger charge is -2.21. The van der Waals surface area contributed by atoms with Crippen LogP contribution in [0.5, 0.6) is 0 Å². The lowest BCUT2D eigenvalue weighted by atomic mass is 10.2. The van der Waals surface area contributed by atoms with Gasteiger partial charge in [-0.2, -0.15) is 0 Å². The van der Waals surface area contributed by atoms with Crippen LogP contribution in [0.3, 0.4) is 0 Å². The number of amides is 2. The van der Waals surface area contributed by atoms with Gasteiger partial charge in [0.1, 0.15) is 6.54 Å². The van der Waals surface area contributed by atoms with Crippen molar-refractivity contribution in [3.8, 4) is 0 Å². The first-order valence-electron chi connectivity index (χ1n) is 8.43. The van der Waals surface area contributed by atoms with E-state index >= 15 is 0 Å². The molecular weight excluding hydrogens is 368 g/mol. The zero-order valence-electron chi connectivity index (χ0n) is 15.4. The average molecular weight is 389 g/mol. The van der Waals surface area contributed by atoms with Crippen LogP contribution in [0.2, 0.25) is 5.02 Å². The first-order valence-corrected chi connectivity index (χ1v) is 8.81. The zero-order chi connectivity index (χ0) is 20.0. The monoisotopic (exact) mass is 388 g/mol. The summed E-state index contributed by atoms with van der Waals surface area (Å²) in [5.74, 6) is -1.07. The normalized spacial score (nSPS) is 10.2. The van der Waals surface area contributed by atoms with Crippen LogP contribution in [-0.2, 0) is 14.3 Å². The van der Waals surface area contributed by atoms with Crippen LogP contribution in [0.4, 0.5) is 11.4 Å². The van der Waals surface area contributed by atoms with Gasteiger partial charge in [0.25, 0.3) is 0 Å².